The molecule has 0 spiro atoms. The molecule has 0 aliphatic carbocycles. The fourth-order valence-corrected chi connectivity index (χ4v) is 2.70. The first kappa shape index (κ1) is 22.3. The number of carbonyl (C=O) groups excluding carboxylic acids is 1. The Labute approximate surface area is 153 Å². The van der Waals surface area contributed by atoms with E-state index in [4.69, 9.17) is 9.47 Å². The first-order valence-electron chi connectivity index (χ1n) is 8.83. The summed E-state index contributed by atoms with van der Waals surface area (Å²) in [5.41, 5.74) is -1.97. The van der Waals surface area contributed by atoms with Crippen molar-refractivity contribution in [3.8, 4) is 5.75 Å². The average molecular weight is 375 g/mol. The van der Waals surface area contributed by atoms with Crippen LogP contribution in [0.25, 0.3) is 0 Å². The second-order valence-electron chi connectivity index (χ2n) is 6.77. The average Bonchev–Trinajstić information content (AvgIpc) is 2.53. The molecule has 0 aliphatic heterocycles. The van der Waals surface area contributed by atoms with Gasteiger partial charge in [0.25, 0.3) is 5.91 Å². The van der Waals surface area contributed by atoms with Crippen molar-refractivity contribution in [1.29, 1.82) is 0 Å². The quantitative estimate of drug-likeness (QED) is 0.639. The van der Waals surface area contributed by atoms with Gasteiger partial charge in [0.1, 0.15) is 11.4 Å². The maximum absolute atomic E-state index is 13.2. The molecule has 0 aliphatic rings. The molecule has 0 heterocycles. The SMILES string of the molecule is CCCO[C@](C)(CC(C)C)C(=O)Nc1ccc(OCC)c(C(F)(F)F)c1. The van der Waals surface area contributed by atoms with Gasteiger partial charge in [0.2, 0.25) is 0 Å². The minimum atomic E-state index is -4.58. The molecule has 0 saturated carbocycles. The van der Waals surface area contributed by atoms with Crippen LogP contribution in [0, 0.1) is 5.92 Å². The third-order valence-corrected chi connectivity index (χ3v) is 3.75. The first-order valence-corrected chi connectivity index (χ1v) is 8.83. The molecule has 0 radical (unpaired) electrons. The lowest BCUT2D eigenvalue weighted by Gasteiger charge is -2.30. The summed E-state index contributed by atoms with van der Waals surface area (Å²) in [5.74, 6) is -0.532. The normalized spacial score (nSPS) is 14.2. The molecule has 0 aromatic heterocycles. The van der Waals surface area contributed by atoms with E-state index in [-0.39, 0.29) is 24.0 Å². The van der Waals surface area contributed by atoms with Crippen molar-refractivity contribution < 1.29 is 27.4 Å². The van der Waals surface area contributed by atoms with E-state index in [9.17, 15) is 18.0 Å². The summed E-state index contributed by atoms with van der Waals surface area (Å²) in [5, 5.41) is 2.56. The van der Waals surface area contributed by atoms with E-state index in [2.05, 4.69) is 5.32 Å². The lowest BCUT2D eigenvalue weighted by Crippen LogP contribution is -2.44. The molecule has 1 rings (SSSR count). The molecular formula is C19H28F3NO3. The molecule has 1 amide bonds. The van der Waals surface area contributed by atoms with Gasteiger partial charge in [0.05, 0.1) is 12.2 Å². The van der Waals surface area contributed by atoms with E-state index in [0.29, 0.717) is 13.0 Å². The Hall–Kier alpha value is -1.76. The summed E-state index contributed by atoms with van der Waals surface area (Å²) in [4.78, 5) is 12.7. The smallest absolute Gasteiger partial charge is 0.420 e. The van der Waals surface area contributed by atoms with Gasteiger partial charge >= 0.3 is 6.18 Å². The van der Waals surface area contributed by atoms with Crippen molar-refractivity contribution in [1.82, 2.24) is 0 Å². The lowest BCUT2D eigenvalue weighted by atomic mass is 9.93. The number of nitrogens with one attached hydrogen (secondary N) is 1. The van der Waals surface area contributed by atoms with Gasteiger partial charge in [-0.1, -0.05) is 20.8 Å². The highest BCUT2D eigenvalue weighted by atomic mass is 19.4. The van der Waals surface area contributed by atoms with Gasteiger partial charge in [-0.2, -0.15) is 13.2 Å². The number of benzene rings is 1. The molecule has 1 aromatic carbocycles. The third kappa shape index (κ3) is 6.20. The predicted molar refractivity (Wildman–Crippen MR) is 95.3 cm³/mol. The van der Waals surface area contributed by atoms with Gasteiger partial charge in [0.15, 0.2) is 0 Å². The van der Waals surface area contributed by atoms with Crippen molar-refractivity contribution in [2.75, 3.05) is 18.5 Å². The van der Waals surface area contributed by atoms with Gasteiger partial charge in [-0.15, -0.1) is 0 Å². The first-order chi connectivity index (χ1) is 12.0. The number of anilines is 1. The number of halogens is 3. The fraction of sp³-hybridized carbons (Fsp3) is 0.632. The minimum absolute atomic E-state index is 0.0563. The second kappa shape index (κ2) is 9.26. The van der Waals surface area contributed by atoms with Crippen LogP contribution in [0.1, 0.15) is 53.0 Å². The summed E-state index contributed by atoms with van der Waals surface area (Å²) in [6, 6.07) is 3.50. The molecule has 7 heteroatoms. The van der Waals surface area contributed by atoms with E-state index in [1.54, 1.807) is 13.8 Å². The van der Waals surface area contributed by atoms with E-state index in [1.165, 1.54) is 12.1 Å². The summed E-state index contributed by atoms with van der Waals surface area (Å²) in [7, 11) is 0. The van der Waals surface area contributed by atoms with Crippen LogP contribution >= 0.6 is 0 Å². The Bertz CT molecular complexity index is 602. The second-order valence-corrected chi connectivity index (χ2v) is 6.77. The number of ether oxygens (including phenoxy) is 2. The molecule has 0 unspecified atom stereocenters. The Morgan fingerprint density at radius 2 is 1.88 bits per heavy atom. The van der Waals surface area contributed by atoms with Crippen molar-refractivity contribution in [3.05, 3.63) is 23.8 Å². The standard InChI is InChI=1S/C19H28F3NO3/c1-6-10-26-18(5,12-13(3)4)17(24)23-14-8-9-16(25-7-2)15(11-14)19(20,21)22/h8-9,11,13H,6-7,10,12H2,1-5H3,(H,23,24)/t18-/m1/s1. The Morgan fingerprint density at radius 1 is 1.23 bits per heavy atom. The summed E-state index contributed by atoms with van der Waals surface area (Å²) < 4.78 is 50.5. The summed E-state index contributed by atoms with van der Waals surface area (Å²) >= 11 is 0. The zero-order valence-electron chi connectivity index (χ0n) is 16.0. The van der Waals surface area contributed by atoms with Crippen molar-refractivity contribution >= 4 is 11.6 Å². The largest absolute Gasteiger partial charge is 0.493 e. The van der Waals surface area contributed by atoms with Crippen LogP contribution in [0.5, 0.6) is 5.75 Å². The Balaban J connectivity index is 3.09. The zero-order valence-corrected chi connectivity index (χ0v) is 16.0. The van der Waals surface area contributed by atoms with Crippen LogP contribution in [0.15, 0.2) is 18.2 Å². The Kier molecular flexibility index (Phi) is 7.93. The number of hydrogen-bond donors (Lipinski definition) is 1. The van der Waals surface area contributed by atoms with Crippen LogP contribution in [0.3, 0.4) is 0 Å². The number of amides is 1. The Morgan fingerprint density at radius 3 is 2.38 bits per heavy atom. The highest BCUT2D eigenvalue weighted by Crippen LogP contribution is 2.38. The van der Waals surface area contributed by atoms with Gasteiger partial charge in [-0.25, -0.2) is 0 Å². The number of hydrogen-bond acceptors (Lipinski definition) is 3. The monoisotopic (exact) mass is 375 g/mol. The van der Waals surface area contributed by atoms with Gasteiger partial charge in [0, 0.05) is 12.3 Å². The molecule has 26 heavy (non-hydrogen) atoms. The van der Waals surface area contributed by atoms with Gasteiger partial charge < -0.3 is 14.8 Å². The van der Waals surface area contributed by atoms with E-state index >= 15 is 0 Å². The predicted octanol–water partition coefficient (Wildman–Crippen LogP) is 5.27. The summed E-state index contributed by atoms with van der Waals surface area (Å²) in [6.07, 6.45) is -3.38. The molecule has 0 fully saturated rings. The van der Waals surface area contributed by atoms with E-state index in [0.717, 1.165) is 12.5 Å². The van der Waals surface area contributed by atoms with Crippen molar-refractivity contribution in [2.24, 2.45) is 5.92 Å². The molecule has 4 nitrogen and oxygen atoms in total. The number of rotatable bonds is 9. The third-order valence-electron chi connectivity index (χ3n) is 3.75. The highest BCUT2D eigenvalue weighted by Gasteiger charge is 2.37. The van der Waals surface area contributed by atoms with Crippen LogP contribution in [0.2, 0.25) is 0 Å². The van der Waals surface area contributed by atoms with Crippen LogP contribution in [-0.4, -0.2) is 24.7 Å². The van der Waals surface area contributed by atoms with E-state index < -0.39 is 23.2 Å². The van der Waals surface area contributed by atoms with Crippen molar-refractivity contribution in [3.63, 3.8) is 0 Å². The van der Waals surface area contributed by atoms with Crippen molar-refractivity contribution in [2.45, 2.75) is 59.2 Å². The number of alkyl halides is 3. The van der Waals surface area contributed by atoms with Gasteiger partial charge in [-0.05, 0) is 50.8 Å². The molecule has 0 bridgehead atoms. The van der Waals surface area contributed by atoms with Crippen LogP contribution < -0.4 is 10.1 Å². The summed E-state index contributed by atoms with van der Waals surface area (Å²) in [6.45, 7) is 9.63. The maximum atomic E-state index is 13.2. The molecule has 1 aromatic rings. The maximum Gasteiger partial charge on any atom is 0.420 e. The van der Waals surface area contributed by atoms with Crippen LogP contribution in [0.4, 0.5) is 18.9 Å². The molecular weight excluding hydrogens is 347 g/mol. The highest BCUT2D eigenvalue weighted by molar-refractivity contribution is 5.97. The molecule has 1 N–H and O–H groups in total. The molecule has 0 saturated heterocycles. The van der Waals surface area contributed by atoms with Crippen LogP contribution in [-0.2, 0) is 15.7 Å². The number of carbonyl (C=O) groups is 1. The topological polar surface area (TPSA) is 47.6 Å². The minimum Gasteiger partial charge on any atom is -0.493 e. The fourth-order valence-electron chi connectivity index (χ4n) is 2.70. The lowest BCUT2D eigenvalue weighted by molar-refractivity contribution is -0.141. The van der Waals surface area contributed by atoms with E-state index in [1.807, 2.05) is 20.8 Å². The molecule has 148 valence electrons. The zero-order chi connectivity index (χ0) is 20.0. The van der Waals surface area contributed by atoms with Gasteiger partial charge in [-0.3, -0.25) is 4.79 Å². The molecule has 1 atom stereocenters.